The van der Waals surface area contributed by atoms with Crippen molar-refractivity contribution in [2.45, 2.75) is 26.3 Å². The number of nitrogens with one attached hydrogen (secondary N) is 4. The number of benzene rings is 1. The van der Waals surface area contributed by atoms with E-state index in [1.54, 1.807) is 38.2 Å². The molecule has 0 aliphatic carbocycles. The average Bonchev–Trinajstić information content (AvgIpc) is 3.25. The molecule has 0 saturated carbocycles. The Labute approximate surface area is 183 Å². The normalized spacial score (nSPS) is 14.8. The van der Waals surface area contributed by atoms with Crippen LogP contribution in [-0.4, -0.2) is 42.0 Å². The first-order valence-corrected chi connectivity index (χ1v) is 9.67. The summed E-state index contributed by atoms with van der Waals surface area (Å²) >= 11 is 0. The third-order valence-corrected chi connectivity index (χ3v) is 5.13. The molecule has 1 aromatic heterocycles. The van der Waals surface area contributed by atoms with Gasteiger partial charge < -0.3 is 37.1 Å². The van der Waals surface area contributed by atoms with Crippen molar-refractivity contribution in [3.05, 3.63) is 41.2 Å². The van der Waals surface area contributed by atoms with Crippen LogP contribution in [0.25, 0.3) is 11.1 Å². The van der Waals surface area contributed by atoms with Gasteiger partial charge in [0.2, 0.25) is 5.91 Å². The summed E-state index contributed by atoms with van der Waals surface area (Å²) in [7, 11) is 1.22. The van der Waals surface area contributed by atoms with Crippen LogP contribution in [0.4, 0.5) is 21.9 Å². The van der Waals surface area contributed by atoms with Crippen LogP contribution in [0.5, 0.6) is 0 Å². The number of aromatic amines is 1. The van der Waals surface area contributed by atoms with Gasteiger partial charge in [-0.25, -0.2) is 4.79 Å². The minimum atomic E-state index is -1.07. The zero-order valence-corrected chi connectivity index (χ0v) is 17.8. The van der Waals surface area contributed by atoms with Gasteiger partial charge in [-0.05, 0) is 43.2 Å². The maximum atomic E-state index is 12.7. The number of methoxy groups -OCH3 is 1. The molecule has 11 nitrogen and oxygen atoms in total. The number of nitrogens with two attached hydrogens (primary N) is 2. The number of H-pyrrole nitrogens is 1. The fourth-order valence-corrected chi connectivity index (χ4v) is 3.48. The van der Waals surface area contributed by atoms with E-state index in [1.807, 2.05) is 0 Å². The van der Waals surface area contributed by atoms with Crippen LogP contribution >= 0.6 is 0 Å². The highest BCUT2D eigenvalue weighted by Gasteiger charge is 2.28. The molecule has 8 N–H and O–H groups in total. The number of primary amides is 1. The van der Waals surface area contributed by atoms with E-state index in [9.17, 15) is 19.2 Å². The molecule has 0 saturated heterocycles. The zero-order valence-electron chi connectivity index (χ0n) is 17.8. The van der Waals surface area contributed by atoms with Gasteiger partial charge in [-0.1, -0.05) is 0 Å². The van der Waals surface area contributed by atoms with Gasteiger partial charge in [0.15, 0.2) is 0 Å². The molecule has 0 bridgehead atoms. The third-order valence-electron chi connectivity index (χ3n) is 5.13. The number of anilines is 3. The highest BCUT2D eigenvalue weighted by atomic mass is 16.5. The van der Waals surface area contributed by atoms with Gasteiger partial charge in [-0.2, -0.15) is 0 Å². The monoisotopic (exact) mass is 440 g/mol. The number of carbonyl (C=O) groups is 4. The Morgan fingerprint density at radius 1 is 1.22 bits per heavy atom. The molecule has 11 heteroatoms. The topological polar surface area (TPSA) is 181 Å². The van der Waals surface area contributed by atoms with Crippen molar-refractivity contribution in [2.24, 2.45) is 11.5 Å². The number of hydrogen-bond acceptors (Lipinski definition) is 6. The van der Waals surface area contributed by atoms with Gasteiger partial charge in [0.05, 0.1) is 30.8 Å². The number of fused-ring (bicyclic) bond motifs is 1. The number of rotatable bonds is 6. The van der Waals surface area contributed by atoms with E-state index in [4.69, 9.17) is 11.5 Å². The predicted octanol–water partition coefficient (Wildman–Crippen LogP) is 1.53. The molecule has 1 unspecified atom stereocenters. The van der Waals surface area contributed by atoms with Crippen LogP contribution in [0.15, 0.2) is 24.4 Å². The van der Waals surface area contributed by atoms with Crippen LogP contribution in [0, 0.1) is 6.92 Å². The summed E-state index contributed by atoms with van der Waals surface area (Å²) in [5.41, 5.74) is 15.4. The van der Waals surface area contributed by atoms with Crippen LogP contribution in [0.3, 0.4) is 0 Å². The van der Waals surface area contributed by atoms with Crippen molar-refractivity contribution in [2.75, 3.05) is 23.1 Å². The molecule has 0 radical (unpaired) electrons. The average molecular weight is 440 g/mol. The SMILES string of the molecule is COC(=O)CC(N)C(=O)Nc1c[nH]c(C(C)=C2C(=O)Nc3ccc(NC(N)=O)cc32)c1C. The second-order valence-electron chi connectivity index (χ2n) is 7.28. The van der Waals surface area contributed by atoms with E-state index in [2.05, 4.69) is 25.7 Å². The lowest BCUT2D eigenvalue weighted by Crippen LogP contribution is -2.37. The van der Waals surface area contributed by atoms with Crippen molar-refractivity contribution >= 4 is 52.0 Å². The quantitative estimate of drug-likeness (QED) is 0.292. The van der Waals surface area contributed by atoms with Gasteiger partial charge in [0.25, 0.3) is 5.91 Å². The highest BCUT2D eigenvalue weighted by molar-refractivity contribution is 6.36. The number of carbonyl (C=O) groups excluding carboxylic acids is 4. The van der Waals surface area contributed by atoms with Gasteiger partial charge in [-0.15, -0.1) is 0 Å². The van der Waals surface area contributed by atoms with Gasteiger partial charge in [-0.3, -0.25) is 14.4 Å². The number of urea groups is 1. The highest BCUT2D eigenvalue weighted by Crippen LogP contribution is 2.39. The first-order valence-electron chi connectivity index (χ1n) is 9.67. The number of amides is 4. The maximum Gasteiger partial charge on any atom is 0.316 e. The van der Waals surface area contributed by atoms with E-state index in [1.165, 1.54) is 7.11 Å². The number of hydrogen-bond donors (Lipinski definition) is 6. The minimum absolute atomic E-state index is 0.250. The van der Waals surface area contributed by atoms with E-state index in [0.717, 1.165) is 0 Å². The fraction of sp³-hybridized carbons (Fsp3) is 0.238. The van der Waals surface area contributed by atoms with E-state index < -0.39 is 23.9 Å². The lowest BCUT2D eigenvalue weighted by molar-refractivity contribution is -0.142. The summed E-state index contributed by atoms with van der Waals surface area (Å²) < 4.78 is 4.53. The summed E-state index contributed by atoms with van der Waals surface area (Å²) in [6.07, 6.45) is 1.33. The summed E-state index contributed by atoms with van der Waals surface area (Å²) in [6.45, 7) is 3.54. The molecule has 1 aliphatic rings. The summed E-state index contributed by atoms with van der Waals surface area (Å²) in [6, 6.07) is 3.18. The molecule has 1 atom stereocenters. The Bertz CT molecular complexity index is 1150. The van der Waals surface area contributed by atoms with E-state index in [-0.39, 0.29) is 12.3 Å². The maximum absolute atomic E-state index is 12.7. The largest absolute Gasteiger partial charge is 0.469 e. The standard InChI is InChI=1S/C21H24N6O5/c1-9-15(27-19(29)13(22)7-16(28)32-3)8-24-18(9)10(2)17-12-6-11(25-21(23)31)4-5-14(12)26-20(17)30/h4-6,8,13,24H,7,22H2,1-3H3,(H,26,30)(H,27,29)(H3,23,25,31). The van der Waals surface area contributed by atoms with Crippen LogP contribution in [-0.2, 0) is 19.1 Å². The number of allylic oxidation sites excluding steroid dienone is 1. The molecule has 4 amide bonds. The van der Waals surface area contributed by atoms with E-state index in [0.29, 0.717) is 45.0 Å². The summed E-state index contributed by atoms with van der Waals surface area (Å²) in [5.74, 6) is -1.43. The van der Waals surface area contributed by atoms with Gasteiger partial charge in [0, 0.05) is 28.8 Å². The molecule has 3 rings (SSSR count). The number of ether oxygens (including phenoxy) is 1. The van der Waals surface area contributed by atoms with E-state index >= 15 is 0 Å². The Morgan fingerprint density at radius 2 is 1.94 bits per heavy atom. The Kier molecular flexibility index (Phi) is 6.30. The third kappa shape index (κ3) is 4.47. The zero-order chi connectivity index (χ0) is 23.6. The summed E-state index contributed by atoms with van der Waals surface area (Å²) in [5, 5.41) is 7.96. The van der Waals surface area contributed by atoms with Gasteiger partial charge in [0.1, 0.15) is 0 Å². The van der Waals surface area contributed by atoms with Crippen LogP contribution in [0.2, 0.25) is 0 Å². The molecule has 0 spiro atoms. The second-order valence-corrected chi connectivity index (χ2v) is 7.28. The van der Waals surface area contributed by atoms with Crippen molar-refractivity contribution in [3.63, 3.8) is 0 Å². The molecule has 1 aromatic carbocycles. The molecule has 1 aliphatic heterocycles. The fourth-order valence-electron chi connectivity index (χ4n) is 3.48. The number of esters is 1. The summed E-state index contributed by atoms with van der Waals surface area (Å²) in [4.78, 5) is 50.6. The van der Waals surface area contributed by atoms with Crippen molar-refractivity contribution < 1.29 is 23.9 Å². The molecule has 0 fully saturated rings. The van der Waals surface area contributed by atoms with Crippen molar-refractivity contribution in [3.8, 4) is 0 Å². The predicted molar refractivity (Wildman–Crippen MR) is 120 cm³/mol. The molecule has 2 aromatic rings. The Balaban J connectivity index is 1.91. The lowest BCUT2D eigenvalue weighted by atomic mass is 9.98. The number of aromatic nitrogens is 1. The van der Waals surface area contributed by atoms with Crippen molar-refractivity contribution in [1.82, 2.24) is 4.98 Å². The Hall–Kier alpha value is -4.12. The molecular formula is C21H24N6O5. The second kappa shape index (κ2) is 8.94. The van der Waals surface area contributed by atoms with Crippen LogP contribution < -0.4 is 27.4 Å². The Morgan fingerprint density at radius 3 is 2.59 bits per heavy atom. The molecule has 2 heterocycles. The molecule has 32 heavy (non-hydrogen) atoms. The first-order chi connectivity index (χ1) is 15.1. The lowest BCUT2D eigenvalue weighted by Gasteiger charge is -2.11. The molecular weight excluding hydrogens is 416 g/mol. The van der Waals surface area contributed by atoms with Crippen LogP contribution in [0.1, 0.15) is 30.2 Å². The minimum Gasteiger partial charge on any atom is -0.469 e. The first kappa shape index (κ1) is 22.6. The molecule has 168 valence electrons. The van der Waals surface area contributed by atoms with Crippen molar-refractivity contribution in [1.29, 1.82) is 0 Å². The van der Waals surface area contributed by atoms with Gasteiger partial charge >= 0.3 is 12.0 Å². The smallest absolute Gasteiger partial charge is 0.316 e.